The molecule has 0 spiro atoms. The number of imide groups is 1. The van der Waals surface area contributed by atoms with E-state index in [1.54, 1.807) is 11.3 Å². The minimum Gasteiger partial charge on any atom is -0.335 e. The van der Waals surface area contributed by atoms with Crippen molar-refractivity contribution in [1.29, 1.82) is 0 Å². The van der Waals surface area contributed by atoms with E-state index >= 15 is 0 Å². The summed E-state index contributed by atoms with van der Waals surface area (Å²) in [6.45, 7) is 2.80. The van der Waals surface area contributed by atoms with Crippen LogP contribution in [0.5, 0.6) is 0 Å². The van der Waals surface area contributed by atoms with Gasteiger partial charge in [0.1, 0.15) is 0 Å². The largest absolute Gasteiger partial charge is 0.335 e. The van der Waals surface area contributed by atoms with Crippen LogP contribution in [-0.2, 0) is 4.79 Å². The van der Waals surface area contributed by atoms with E-state index in [4.69, 9.17) is 0 Å². The molecule has 2 atom stereocenters. The number of likely N-dealkylation sites (tertiary alicyclic amines) is 1. The molecule has 0 unspecified atom stereocenters. The third-order valence-electron chi connectivity index (χ3n) is 5.22. The third-order valence-corrected chi connectivity index (χ3v) is 6.19. The lowest BCUT2D eigenvalue weighted by molar-refractivity contribution is -0.125. The maximum absolute atomic E-state index is 12.5. The van der Waals surface area contributed by atoms with E-state index in [0.29, 0.717) is 6.04 Å². The molecule has 2 N–H and O–H groups in total. The smallest absolute Gasteiger partial charge is 0.321 e. The number of thiophene rings is 1. The Morgan fingerprint density at radius 2 is 2.00 bits per heavy atom. The summed E-state index contributed by atoms with van der Waals surface area (Å²) in [6.07, 6.45) is 7.76. The highest BCUT2D eigenvalue weighted by atomic mass is 32.1. The first kappa shape index (κ1) is 17.4. The van der Waals surface area contributed by atoms with Gasteiger partial charge in [-0.1, -0.05) is 25.3 Å². The summed E-state index contributed by atoms with van der Waals surface area (Å²) in [5.74, 6) is -0.202. The molecule has 2 heterocycles. The molecule has 1 aliphatic heterocycles. The van der Waals surface area contributed by atoms with Gasteiger partial charge in [-0.2, -0.15) is 0 Å². The summed E-state index contributed by atoms with van der Waals surface area (Å²) in [5.41, 5.74) is 0. The molecule has 3 amide bonds. The Morgan fingerprint density at radius 3 is 2.71 bits per heavy atom. The Labute approximate surface area is 147 Å². The molecule has 0 bridgehead atoms. The predicted molar refractivity (Wildman–Crippen MR) is 96.0 cm³/mol. The van der Waals surface area contributed by atoms with Gasteiger partial charge in [-0.3, -0.25) is 15.0 Å². The van der Waals surface area contributed by atoms with Crippen LogP contribution in [0.15, 0.2) is 17.5 Å². The molecular weight excluding hydrogens is 322 g/mol. The number of nitrogens with one attached hydrogen (secondary N) is 2. The lowest BCUT2D eigenvalue weighted by Crippen LogP contribution is -2.51. The van der Waals surface area contributed by atoms with Gasteiger partial charge in [0.2, 0.25) is 5.91 Å². The zero-order chi connectivity index (χ0) is 16.9. The van der Waals surface area contributed by atoms with Crippen LogP contribution in [0.25, 0.3) is 0 Å². The van der Waals surface area contributed by atoms with Crippen LogP contribution in [0, 0.1) is 0 Å². The van der Waals surface area contributed by atoms with Crippen molar-refractivity contribution in [3.8, 4) is 0 Å². The van der Waals surface area contributed by atoms with Crippen molar-refractivity contribution in [2.24, 2.45) is 0 Å². The van der Waals surface area contributed by atoms with Crippen molar-refractivity contribution in [1.82, 2.24) is 15.5 Å². The molecule has 1 saturated carbocycles. The fourth-order valence-electron chi connectivity index (χ4n) is 3.87. The summed E-state index contributed by atoms with van der Waals surface area (Å²) in [5, 5.41) is 7.57. The molecule has 132 valence electrons. The first-order valence-corrected chi connectivity index (χ1v) is 9.93. The van der Waals surface area contributed by atoms with E-state index < -0.39 is 0 Å². The normalized spacial score (nSPS) is 23.8. The fraction of sp³-hybridized carbons (Fsp3) is 0.667. The average molecular weight is 349 g/mol. The molecule has 0 aromatic carbocycles. The number of urea groups is 1. The Hall–Kier alpha value is -1.40. The highest BCUT2D eigenvalue weighted by Gasteiger charge is 2.34. The molecule has 1 aromatic rings. The number of nitrogens with zero attached hydrogens (tertiary/aromatic N) is 1. The van der Waals surface area contributed by atoms with Crippen molar-refractivity contribution in [2.45, 2.75) is 70.0 Å². The van der Waals surface area contributed by atoms with E-state index in [2.05, 4.69) is 33.0 Å². The predicted octanol–water partition coefficient (Wildman–Crippen LogP) is 3.43. The van der Waals surface area contributed by atoms with E-state index in [-0.39, 0.29) is 24.0 Å². The molecule has 1 saturated heterocycles. The van der Waals surface area contributed by atoms with Gasteiger partial charge >= 0.3 is 6.03 Å². The molecule has 6 heteroatoms. The number of hydrogen-bond donors (Lipinski definition) is 2. The number of amides is 3. The zero-order valence-electron chi connectivity index (χ0n) is 14.3. The Bertz CT molecular complexity index is 555. The zero-order valence-corrected chi connectivity index (χ0v) is 15.1. The minimum atomic E-state index is -0.342. The van der Waals surface area contributed by atoms with Crippen LogP contribution in [0.1, 0.15) is 62.8 Å². The van der Waals surface area contributed by atoms with E-state index in [1.165, 1.54) is 11.3 Å². The van der Waals surface area contributed by atoms with Crippen LogP contribution in [0.3, 0.4) is 0 Å². The van der Waals surface area contributed by atoms with Crippen molar-refractivity contribution >= 4 is 23.3 Å². The van der Waals surface area contributed by atoms with Crippen LogP contribution >= 0.6 is 11.3 Å². The van der Waals surface area contributed by atoms with Gasteiger partial charge < -0.3 is 5.32 Å². The summed E-state index contributed by atoms with van der Waals surface area (Å²) < 4.78 is 0. The molecule has 1 aromatic heterocycles. The van der Waals surface area contributed by atoms with Crippen molar-refractivity contribution in [3.05, 3.63) is 22.4 Å². The second-order valence-electron chi connectivity index (χ2n) is 6.88. The van der Waals surface area contributed by atoms with Gasteiger partial charge in [-0.25, -0.2) is 4.79 Å². The molecule has 1 aliphatic carbocycles. The van der Waals surface area contributed by atoms with E-state index in [9.17, 15) is 9.59 Å². The molecule has 5 nitrogen and oxygen atoms in total. The van der Waals surface area contributed by atoms with Gasteiger partial charge in [0.25, 0.3) is 0 Å². The molecule has 2 fully saturated rings. The van der Waals surface area contributed by atoms with Crippen molar-refractivity contribution in [3.63, 3.8) is 0 Å². The quantitative estimate of drug-likeness (QED) is 0.875. The monoisotopic (exact) mass is 349 g/mol. The minimum absolute atomic E-state index is 0.202. The lowest BCUT2D eigenvalue weighted by Gasteiger charge is -2.29. The number of rotatable bonds is 4. The van der Waals surface area contributed by atoms with Gasteiger partial charge in [0.05, 0.1) is 6.04 Å². The number of hydrogen-bond acceptors (Lipinski definition) is 4. The van der Waals surface area contributed by atoms with Crippen molar-refractivity contribution < 1.29 is 9.59 Å². The Morgan fingerprint density at radius 1 is 1.21 bits per heavy atom. The maximum atomic E-state index is 12.5. The van der Waals surface area contributed by atoms with Gasteiger partial charge in [-0.15, -0.1) is 11.3 Å². The molecule has 2 aliphatic rings. The lowest BCUT2D eigenvalue weighted by atomic mass is 9.96. The summed E-state index contributed by atoms with van der Waals surface area (Å²) in [6, 6.07) is 4.06. The van der Waals surface area contributed by atoms with Gasteiger partial charge in [0, 0.05) is 17.0 Å². The Kier molecular flexibility index (Phi) is 5.89. The number of carbonyl (C=O) groups excluding carboxylic acids is 2. The van der Waals surface area contributed by atoms with Crippen LogP contribution in [0.4, 0.5) is 4.79 Å². The molecule has 0 radical (unpaired) electrons. The average Bonchev–Trinajstić information content (AvgIpc) is 3.25. The Balaban J connectivity index is 1.53. The maximum Gasteiger partial charge on any atom is 0.321 e. The first-order valence-electron chi connectivity index (χ1n) is 9.05. The first-order chi connectivity index (χ1) is 11.6. The van der Waals surface area contributed by atoms with Crippen LogP contribution < -0.4 is 10.6 Å². The summed E-state index contributed by atoms with van der Waals surface area (Å²) >= 11 is 1.74. The van der Waals surface area contributed by atoms with Crippen LogP contribution in [0.2, 0.25) is 0 Å². The highest BCUT2D eigenvalue weighted by molar-refractivity contribution is 7.10. The molecular formula is C18H27N3O2S. The van der Waals surface area contributed by atoms with E-state index in [0.717, 1.165) is 45.1 Å². The third kappa shape index (κ3) is 4.16. The second-order valence-corrected chi connectivity index (χ2v) is 7.86. The van der Waals surface area contributed by atoms with E-state index in [1.807, 2.05) is 6.92 Å². The fourth-order valence-corrected chi connectivity index (χ4v) is 4.76. The molecule has 24 heavy (non-hydrogen) atoms. The highest BCUT2D eigenvalue weighted by Crippen LogP contribution is 2.35. The second kappa shape index (κ2) is 8.12. The summed E-state index contributed by atoms with van der Waals surface area (Å²) in [4.78, 5) is 28.1. The topological polar surface area (TPSA) is 61.4 Å². The van der Waals surface area contributed by atoms with Crippen molar-refractivity contribution in [2.75, 3.05) is 6.54 Å². The SMILES string of the molecule is C[C@@H](C(=O)NC(=O)NC1CCCCC1)N1CCC[C@H]1c1cccs1. The molecule has 3 rings (SSSR count). The standard InChI is InChI=1S/C18H27N3O2S/c1-13(21-11-5-9-15(21)16-10-6-12-24-16)17(22)20-18(23)19-14-7-3-2-4-8-14/h6,10,12-15H,2-5,7-9,11H2,1H3,(H2,19,20,22,23)/t13-,15-/m0/s1. The summed E-state index contributed by atoms with van der Waals surface area (Å²) in [7, 11) is 0. The van der Waals surface area contributed by atoms with Crippen LogP contribution in [-0.4, -0.2) is 35.5 Å². The van der Waals surface area contributed by atoms with Gasteiger partial charge in [0.15, 0.2) is 0 Å². The number of carbonyl (C=O) groups is 2. The van der Waals surface area contributed by atoms with Gasteiger partial charge in [-0.05, 0) is 50.6 Å².